The Morgan fingerprint density at radius 3 is 2.45 bits per heavy atom. The molecule has 1 aromatic carbocycles. The molecule has 5 nitrogen and oxygen atoms in total. The van der Waals surface area contributed by atoms with Gasteiger partial charge in [0.15, 0.2) is 0 Å². The second-order valence-electron chi connectivity index (χ2n) is 5.70. The largest absolute Gasteiger partial charge is 0.397 e. The van der Waals surface area contributed by atoms with Crippen molar-refractivity contribution in [1.29, 1.82) is 0 Å². The molecule has 1 fully saturated rings. The van der Waals surface area contributed by atoms with E-state index in [-0.39, 0.29) is 10.4 Å². The Bertz CT molecular complexity index is 578. The number of nitrogen functional groups attached to an aromatic ring is 1. The SMILES string of the molecule is CNS(=O)(=O)c1ccc(N)c(NC2(C)CCCCC2)c1. The van der Waals surface area contributed by atoms with Crippen molar-refractivity contribution < 1.29 is 8.42 Å². The Morgan fingerprint density at radius 1 is 1.20 bits per heavy atom. The number of rotatable bonds is 4. The minimum Gasteiger partial charge on any atom is -0.397 e. The molecule has 1 saturated carbocycles. The van der Waals surface area contributed by atoms with Crippen LogP contribution in [-0.4, -0.2) is 21.0 Å². The third-order valence-corrected chi connectivity index (χ3v) is 5.41. The van der Waals surface area contributed by atoms with Crippen molar-refractivity contribution in [3.8, 4) is 0 Å². The van der Waals surface area contributed by atoms with Gasteiger partial charge < -0.3 is 11.1 Å². The molecule has 6 heteroatoms. The molecule has 0 amide bonds. The first-order valence-electron chi connectivity index (χ1n) is 6.98. The Balaban J connectivity index is 2.29. The molecule has 2 rings (SSSR count). The first-order chi connectivity index (χ1) is 9.36. The fourth-order valence-electron chi connectivity index (χ4n) is 2.71. The van der Waals surface area contributed by atoms with Crippen LogP contribution in [0.5, 0.6) is 0 Å². The standard InChI is InChI=1S/C14H23N3O2S/c1-14(8-4-3-5-9-14)17-13-10-11(6-7-12(13)15)20(18,19)16-2/h6-7,10,16-17H,3-5,8-9,15H2,1-2H3. The van der Waals surface area contributed by atoms with Gasteiger partial charge in [0.05, 0.1) is 16.3 Å². The topological polar surface area (TPSA) is 84.2 Å². The van der Waals surface area contributed by atoms with E-state index in [0.29, 0.717) is 11.4 Å². The second-order valence-corrected chi connectivity index (χ2v) is 7.59. The number of anilines is 2. The van der Waals surface area contributed by atoms with Crippen molar-refractivity contribution in [2.45, 2.75) is 49.5 Å². The van der Waals surface area contributed by atoms with Crippen LogP contribution in [0.1, 0.15) is 39.0 Å². The third-order valence-electron chi connectivity index (χ3n) is 4.00. The number of sulfonamides is 1. The monoisotopic (exact) mass is 297 g/mol. The molecule has 0 spiro atoms. The predicted molar refractivity (Wildman–Crippen MR) is 82.2 cm³/mol. The van der Waals surface area contributed by atoms with E-state index in [0.717, 1.165) is 12.8 Å². The number of nitrogens with one attached hydrogen (secondary N) is 2. The van der Waals surface area contributed by atoms with Crippen molar-refractivity contribution in [2.75, 3.05) is 18.1 Å². The first-order valence-corrected chi connectivity index (χ1v) is 8.46. The summed E-state index contributed by atoms with van der Waals surface area (Å²) in [7, 11) is -2.04. The van der Waals surface area contributed by atoms with Crippen molar-refractivity contribution >= 4 is 21.4 Å². The van der Waals surface area contributed by atoms with Gasteiger partial charge in [-0.2, -0.15) is 0 Å². The van der Waals surface area contributed by atoms with Gasteiger partial charge in [-0.3, -0.25) is 0 Å². The highest BCUT2D eigenvalue weighted by molar-refractivity contribution is 7.89. The highest BCUT2D eigenvalue weighted by Gasteiger charge is 2.27. The molecule has 0 radical (unpaired) electrons. The molecule has 0 atom stereocenters. The maximum absolute atomic E-state index is 11.9. The van der Waals surface area contributed by atoms with Crippen LogP contribution in [0.15, 0.2) is 23.1 Å². The van der Waals surface area contributed by atoms with Gasteiger partial charge in [-0.15, -0.1) is 0 Å². The van der Waals surface area contributed by atoms with E-state index in [1.54, 1.807) is 12.1 Å². The van der Waals surface area contributed by atoms with Crippen LogP contribution in [0.25, 0.3) is 0 Å². The minimum atomic E-state index is -3.44. The van der Waals surface area contributed by atoms with E-state index < -0.39 is 10.0 Å². The van der Waals surface area contributed by atoms with Gasteiger partial charge in [0.25, 0.3) is 0 Å². The van der Waals surface area contributed by atoms with E-state index in [9.17, 15) is 8.42 Å². The lowest BCUT2D eigenvalue weighted by molar-refractivity contribution is 0.349. The smallest absolute Gasteiger partial charge is 0.240 e. The van der Waals surface area contributed by atoms with Crippen LogP contribution in [0.2, 0.25) is 0 Å². The minimum absolute atomic E-state index is 0.00556. The second kappa shape index (κ2) is 5.61. The number of hydrogen-bond donors (Lipinski definition) is 3. The van der Waals surface area contributed by atoms with E-state index in [2.05, 4.69) is 17.0 Å². The molecule has 0 aromatic heterocycles. The predicted octanol–water partition coefficient (Wildman–Crippen LogP) is 2.31. The van der Waals surface area contributed by atoms with Crippen LogP contribution in [0.4, 0.5) is 11.4 Å². The van der Waals surface area contributed by atoms with Crippen LogP contribution < -0.4 is 15.8 Å². The molecule has 1 aliphatic carbocycles. The van der Waals surface area contributed by atoms with Crippen molar-refractivity contribution in [3.05, 3.63) is 18.2 Å². The van der Waals surface area contributed by atoms with Crippen LogP contribution in [-0.2, 0) is 10.0 Å². The van der Waals surface area contributed by atoms with Gasteiger partial charge in [-0.25, -0.2) is 13.1 Å². The molecule has 0 bridgehead atoms. The average molecular weight is 297 g/mol. The summed E-state index contributed by atoms with van der Waals surface area (Å²) in [6.07, 6.45) is 5.81. The summed E-state index contributed by atoms with van der Waals surface area (Å²) in [6.45, 7) is 2.17. The van der Waals surface area contributed by atoms with Crippen LogP contribution in [0.3, 0.4) is 0 Å². The number of hydrogen-bond acceptors (Lipinski definition) is 4. The van der Waals surface area contributed by atoms with Crippen molar-refractivity contribution in [2.24, 2.45) is 0 Å². The molecule has 0 unspecified atom stereocenters. The van der Waals surface area contributed by atoms with Crippen LogP contribution in [0, 0.1) is 0 Å². The van der Waals surface area contributed by atoms with Crippen molar-refractivity contribution in [3.63, 3.8) is 0 Å². The maximum Gasteiger partial charge on any atom is 0.240 e. The zero-order valence-electron chi connectivity index (χ0n) is 12.1. The Kier molecular flexibility index (Phi) is 4.25. The van der Waals surface area contributed by atoms with Gasteiger partial charge in [0.1, 0.15) is 0 Å². The fraction of sp³-hybridized carbons (Fsp3) is 0.571. The lowest BCUT2D eigenvalue weighted by atomic mass is 9.83. The molecule has 0 aliphatic heterocycles. The van der Waals surface area contributed by atoms with Gasteiger partial charge in [-0.1, -0.05) is 19.3 Å². The normalized spacial score (nSPS) is 18.7. The summed E-state index contributed by atoms with van der Waals surface area (Å²) in [5.41, 5.74) is 7.24. The highest BCUT2D eigenvalue weighted by Crippen LogP contribution is 2.33. The van der Waals surface area contributed by atoms with E-state index in [4.69, 9.17) is 5.73 Å². The molecule has 0 heterocycles. The van der Waals surface area contributed by atoms with E-state index >= 15 is 0 Å². The Hall–Kier alpha value is -1.27. The zero-order chi connectivity index (χ0) is 14.8. The molecule has 0 saturated heterocycles. The highest BCUT2D eigenvalue weighted by atomic mass is 32.2. The number of benzene rings is 1. The summed E-state index contributed by atoms with van der Waals surface area (Å²) in [5, 5.41) is 3.44. The average Bonchev–Trinajstić information content (AvgIpc) is 2.41. The van der Waals surface area contributed by atoms with Crippen molar-refractivity contribution in [1.82, 2.24) is 4.72 Å². The molecular formula is C14H23N3O2S. The molecule has 112 valence electrons. The summed E-state index contributed by atoms with van der Waals surface area (Å²) in [6, 6.07) is 4.77. The summed E-state index contributed by atoms with van der Waals surface area (Å²) >= 11 is 0. The fourth-order valence-corrected chi connectivity index (χ4v) is 3.47. The summed E-state index contributed by atoms with van der Waals surface area (Å²) < 4.78 is 26.0. The molecular weight excluding hydrogens is 274 g/mol. The van der Waals surface area contributed by atoms with Gasteiger partial charge in [0, 0.05) is 5.54 Å². The molecule has 1 aromatic rings. The van der Waals surface area contributed by atoms with Crippen LogP contribution >= 0.6 is 0 Å². The third kappa shape index (κ3) is 3.24. The quantitative estimate of drug-likeness (QED) is 0.745. The lowest BCUT2D eigenvalue weighted by Crippen LogP contribution is -2.37. The maximum atomic E-state index is 11.9. The van der Waals surface area contributed by atoms with Gasteiger partial charge in [0.2, 0.25) is 10.0 Å². The summed E-state index contributed by atoms with van der Waals surface area (Å²) in [4.78, 5) is 0.233. The number of nitrogens with two attached hydrogens (primary N) is 1. The Morgan fingerprint density at radius 2 is 1.85 bits per heavy atom. The van der Waals surface area contributed by atoms with E-state index in [1.165, 1.54) is 32.4 Å². The van der Waals surface area contributed by atoms with E-state index in [1.807, 2.05) is 0 Å². The summed E-state index contributed by atoms with van der Waals surface area (Å²) in [5.74, 6) is 0. The molecule has 1 aliphatic rings. The molecule has 4 N–H and O–H groups in total. The lowest BCUT2D eigenvalue weighted by Gasteiger charge is -2.36. The molecule has 20 heavy (non-hydrogen) atoms. The van der Waals surface area contributed by atoms with Gasteiger partial charge in [-0.05, 0) is 45.0 Å². The van der Waals surface area contributed by atoms with Gasteiger partial charge >= 0.3 is 0 Å². The zero-order valence-corrected chi connectivity index (χ0v) is 12.9. The first kappa shape index (κ1) is 15.1. The Labute approximate surface area is 121 Å².